The Morgan fingerprint density at radius 2 is 2.25 bits per heavy atom. The fourth-order valence-corrected chi connectivity index (χ4v) is 1.16. The lowest BCUT2D eigenvalue weighted by atomic mass is 10.2. The maximum Gasteiger partial charge on any atom is 0.315 e. The van der Waals surface area contributed by atoms with Crippen molar-refractivity contribution in [3.8, 4) is 0 Å². The van der Waals surface area contributed by atoms with Crippen molar-refractivity contribution in [3.63, 3.8) is 0 Å². The fourth-order valence-electron chi connectivity index (χ4n) is 1.16. The summed E-state index contributed by atoms with van der Waals surface area (Å²) in [5, 5.41) is 5.21. The van der Waals surface area contributed by atoms with E-state index in [1.165, 1.54) is 12.1 Å². The van der Waals surface area contributed by atoms with E-state index in [-0.39, 0.29) is 11.8 Å². The summed E-state index contributed by atoms with van der Waals surface area (Å²) in [6, 6.07) is 5.81. The van der Waals surface area contributed by atoms with Gasteiger partial charge in [0.15, 0.2) is 0 Å². The molecule has 0 spiro atoms. The maximum atomic E-state index is 12.8. The van der Waals surface area contributed by atoms with Crippen LogP contribution in [0.3, 0.4) is 0 Å². The number of hydrogen-bond donors (Lipinski definition) is 2. The number of halogens is 1. The molecule has 0 radical (unpaired) electrons. The monoisotopic (exact) mass is 226 g/mol. The van der Waals surface area contributed by atoms with Crippen LogP contribution in [0.5, 0.6) is 0 Å². The molecule has 0 unspecified atom stereocenters. The lowest BCUT2D eigenvalue weighted by Gasteiger charge is -2.07. The Hall–Kier alpha value is -1.62. The van der Waals surface area contributed by atoms with Gasteiger partial charge in [-0.15, -0.1) is 0 Å². The number of rotatable bonds is 5. The average molecular weight is 226 g/mol. The van der Waals surface area contributed by atoms with Gasteiger partial charge in [-0.2, -0.15) is 0 Å². The predicted octanol–water partition coefficient (Wildman–Crippen LogP) is 1.27. The molecule has 0 aliphatic heterocycles. The molecule has 1 rings (SSSR count). The number of urea groups is 1. The third-order valence-electron chi connectivity index (χ3n) is 1.93. The van der Waals surface area contributed by atoms with Gasteiger partial charge < -0.3 is 15.4 Å². The Kier molecular flexibility index (Phi) is 5.28. The van der Waals surface area contributed by atoms with E-state index in [2.05, 4.69) is 10.6 Å². The van der Waals surface area contributed by atoms with Crippen molar-refractivity contribution in [1.29, 1.82) is 0 Å². The highest BCUT2D eigenvalue weighted by atomic mass is 19.1. The molecule has 4 nitrogen and oxygen atoms in total. The van der Waals surface area contributed by atoms with Crippen molar-refractivity contribution in [3.05, 3.63) is 35.6 Å². The largest absolute Gasteiger partial charge is 0.383 e. The maximum absolute atomic E-state index is 12.8. The van der Waals surface area contributed by atoms with Crippen molar-refractivity contribution in [2.75, 3.05) is 20.3 Å². The molecule has 0 saturated carbocycles. The van der Waals surface area contributed by atoms with Crippen molar-refractivity contribution >= 4 is 6.03 Å². The third-order valence-corrected chi connectivity index (χ3v) is 1.93. The van der Waals surface area contributed by atoms with Gasteiger partial charge in [0, 0.05) is 20.2 Å². The van der Waals surface area contributed by atoms with Gasteiger partial charge in [0.1, 0.15) is 5.82 Å². The number of benzene rings is 1. The lowest BCUT2D eigenvalue weighted by Crippen LogP contribution is -2.36. The molecule has 0 atom stereocenters. The van der Waals surface area contributed by atoms with Crippen LogP contribution in [0.1, 0.15) is 5.56 Å². The summed E-state index contributed by atoms with van der Waals surface area (Å²) in [7, 11) is 1.56. The molecule has 16 heavy (non-hydrogen) atoms. The van der Waals surface area contributed by atoms with E-state index in [4.69, 9.17) is 4.74 Å². The number of hydrogen-bond acceptors (Lipinski definition) is 2. The average Bonchev–Trinajstić information content (AvgIpc) is 2.27. The highest BCUT2D eigenvalue weighted by Gasteiger charge is 2.00. The summed E-state index contributed by atoms with van der Waals surface area (Å²) in [4.78, 5) is 11.2. The first-order valence-electron chi connectivity index (χ1n) is 4.97. The van der Waals surface area contributed by atoms with Gasteiger partial charge in [-0.05, 0) is 17.7 Å². The van der Waals surface area contributed by atoms with Gasteiger partial charge in [0.2, 0.25) is 0 Å². The van der Waals surface area contributed by atoms with Crippen molar-refractivity contribution < 1.29 is 13.9 Å². The van der Waals surface area contributed by atoms with E-state index in [9.17, 15) is 9.18 Å². The van der Waals surface area contributed by atoms with Gasteiger partial charge in [-0.3, -0.25) is 0 Å². The summed E-state index contributed by atoms with van der Waals surface area (Å²) < 4.78 is 17.6. The van der Waals surface area contributed by atoms with Crippen LogP contribution in [-0.2, 0) is 11.3 Å². The smallest absolute Gasteiger partial charge is 0.315 e. The highest BCUT2D eigenvalue weighted by Crippen LogP contribution is 2.02. The number of amides is 2. The number of carbonyl (C=O) groups excluding carboxylic acids is 1. The zero-order chi connectivity index (χ0) is 11.8. The van der Waals surface area contributed by atoms with Crippen LogP contribution in [0.4, 0.5) is 9.18 Å². The Labute approximate surface area is 93.8 Å². The summed E-state index contributed by atoms with van der Waals surface area (Å²) >= 11 is 0. The Morgan fingerprint density at radius 3 is 2.94 bits per heavy atom. The summed E-state index contributed by atoms with van der Waals surface area (Å²) in [5.41, 5.74) is 0.724. The summed E-state index contributed by atoms with van der Waals surface area (Å²) in [6.45, 7) is 1.22. The van der Waals surface area contributed by atoms with Gasteiger partial charge in [0.25, 0.3) is 0 Å². The van der Waals surface area contributed by atoms with Crippen LogP contribution < -0.4 is 10.6 Å². The predicted molar refractivity (Wildman–Crippen MR) is 58.5 cm³/mol. The van der Waals surface area contributed by atoms with Crippen LogP contribution in [0, 0.1) is 5.82 Å². The molecule has 0 bridgehead atoms. The molecule has 1 aromatic rings. The van der Waals surface area contributed by atoms with E-state index < -0.39 is 0 Å². The van der Waals surface area contributed by atoms with Crippen LogP contribution in [0.2, 0.25) is 0 Å². The van der Waals surface area contributed by atoms with E-state index in [0.29, 0.717) is 19.7 Å². The van der Waals surface area contributed by atoms with Gasteiger partial charge in [0.05, 0.1) is 6.61 Å². The molecule has 0 aliphatic rings. The Balaban J connectivity index is 2.26. The van der Waals surface area contributed by atoms with Crippen molar-refractivity contribution in [2.45, 2.75) is 6.54 Å². The molecule has 2 N–H and O–H groups in total. The Morgan fingerprint density at radius 1 is 1.44 bits per heavy atom. The number of methoxy groups -OCH3 is 1. The molecule has 0 aliphatic carbocycles. The second-order valence-electron chi connectivity index (χ2n) is 3.23. The molecule has 1 aromatic carbocycles. The second-order valence-corrected chi connectivity index (χ2v) is 3.23. The van der Waals surface area contributed by atoms with Crippen LogP contribution in [0.25, 0.3) is 0 Å². The molecule has 5 heteroatoms. The first-order chi connectivity index (χ1) is 7.72. The van der Waals surface area contributed by atoms with Crippen molar-refractivity contribution in [2.24, 2.45) is 0 Å². The third kappa shape index (κ3) is 4.75. The molecule has 0 heterocycles. The zero-order valence-corrected chi connectivity index (χ0v) is 9.13. The zero-order valence-electron chi connectivity index (χ0n) is 9.13. The quantitative estimate of drug-likeness (QED) is 0.743. The van der Waals surface area contributed by atoms with Gasteiger partial charge >= 0.3 is 6.03 Å². The second kappa shape index (κ2) is 6.79. The highest BCUT2D eigenvalue weighted by molar-refractivity contribution is 5.73. The number of carbonyl (C=O) groups is 1. The molecule has 2 amide bonds. The first kappa shape index (κ1) is 12.4. The first-order valence-corrected chi connectivity index (χ1v) is 4.97. The van der Waals surface area contributed by atoms with Crippen LogP contribution in [-0.4, -0.2) is 26.3 Å². The molecule has 0 aromatic heterocycles. The van der Waals surface area contributed by atoms with Crippen LogP contribution in [0.15, 0.2) is 24.3 Å². The SMILES string of the molecule is COCCNC(=O)NCc1cccc(F)c1. The molecule has 88 valence electrons. The fraction of sp³-hybridized carbons (Fsp3) is 0.364. The minimum absolute atomic E-state index is 0.290. The number of ether oxygens (including phenoxy) is 1. The lowest BCUT2D eigenvalue weighted by molar-refractivity contribution is 0.196. The molecule has 0 fully saturated rings. The minimum Gasteiger partial charge on any atom is -0.383 e. The number of nitrogens with one attached hydrogen (secondary N) is 2. The molecule has 0 saturated heterocycles. The topological polar surface area (TPSA) is 50.4 Å². The molecular formula is C11H15FN2O2. The minimum atomic E-state index is -0.306. The standard InChI is InChI=1S/C11H15FN2O2/c1-16-6-5-13-11(15)14-8-9-3-2-4-10(12)7-9/h2-4,7H,5-6,8H2,1H3,(H2,13,14,15). The Bertz CT molecular complexity index is 345. The van der Waals surface area contributed by atoms with Gasteiger partial charge in [-0.25, -0.2) is 9.18 Å². The van der Waals surface area contributed by atoms with E-state index in [0.717, 1.165) is 5.56 Å². The van der Waals surface area contributed by atoms with E-state index in [1.807, 2.05) is 0 Å². The van der Waals surface area contributed by atoms with E-state index >= 15 is 0 Å². The van der Waals surface area contributed by atoms with Crippen molar-refractivity contribution in [1.82, 2.24) is 10.6 Å². The van der Waals surface area contributed by atoms with E-state index in [1.54, 1.807) is 19.2 Å². The molecular weight excluding hydrogens is 211 g/mol. The normalized spacial score (nSPS) is 9.88. The van der Waals surface area contributed by atoms with Crippen LogP contribution >= 0.6 is 0 Å². The summed E-state index contributed by atoms with van der Waals surface area (Å²) in [6.07, 6.45) is 0. The summed E-state index contributed by atoms with van der Waals surface area (Å²) in [5.74, 6) is -0.306. The van der Waals surface area contributed by atoms with Gasteiger partial charge in [-0.1, -0.05) is 12.1 Å².